The third-order valence-electron chi connectivity index (χ3n) is 3.51. The van der Waals surface area contributed by atoms with Crippen LogP contribution in [-0.2, 0) is 6.54 Å². The van der Waals surface area contributed by atoms with Gasteiger partial charge in [-0.25, -0.2) is 5.10 Å². The molecule has 0 aliphatic heterocycles. The monoisotopic (exact) mass is 395 g/mol. The summed E-state index contributed by atoms with van der Waals surface area (Å²) in [6, 6.07) is 5.79. The van der Waals surface area contributed by atoms with E-state index in [1.807, 2.05) is 18.2 Å². The Labute approximate surface area is 149 Å². The lowest BCUT2D eigenvalue weighted by atomic mass is 10.2. The second-order valence-electron chi connectivity index (χ2n) is 5.32. The summed E-state index contributed by atoms with van der Waals surface area (Å²) in [5.41, 5.74) is 1.39. The highest BCUT2D eigenvalue weighted by Crippen LogP contribution is 2.29. The molecule has 1 heterocycles. The minimum atomic E-state index is -0.269. The fourth-order valence-electron chi connectivity index (χ4n) is 2.18. The number of hydrogen-bond donors (Lipinski definition) is 2. The van der Waals surface area contributed by atoms with E-state index >= 15 is 0 Å². The SMILES string of the molecule is CCCCCOc1cc(CNc2cn[nH]c(=O)c2Br)ccc1OC. The molecule has 0 spiro atoms. The maximum absolute atomic E-state index is 11.5. The fourth-order valence-corrected chi connectivity index (χ4v) is 2.51. The van der Waals surface area contributed by atoms with Crippen LogP contribution in [-0.4, -0.2) is 23.9 Å². The number of anilines is 1. The lowest BCUT2D eigenvalue weighted by molar-refractivity contribution is 0.285. The van der Waals surface area contributed by atoms with Gasteiger partial charge in [0.05, 0.1) is 25.6 Å². The first-order valence-corrected chi connectivity index (χ1v) is 8.71. The Kier molecular flexibility index (Phi) is 7.11. The van der Waals surface area contributed by atoms with Gasteiger partial charge in [-0.15, -0.1) is 0 Å². The van der Waals surface area contributed by atoms with Crippen molar-refractivity contribution in [3.8, 4) is 11.5 Å². The zero-order valence-corrected chi connectivity index (χ0v) is 15.5. The van der Waals surface area contributed by atoms with Crippen molar-refractivity contribution >= 4 is 21.6 Å². The number of aromatic nitrogens is 2. The van der Waals surface area contributed by atoms with Crippen LogP contribution < -0.4 is 20.3 Å². The molecule has 0 aliphatic carbocycles. The van der Waals surface area contributed by atoms with Crippen LogP contribution >= 0.6 is 15.9 Å². The highest BCUT2D eigenvalue weighted by atomic mass is 79.9. The zero-order valence-electron chi connectivity index (χ0n) is 13.9. The Morgan fingerprint density at radius 2 is 2.12 bits per heavy atom. The molecule has 0 saturated carbocycles. The number of ether oxygens (including phenoxy) is 2. The van der Waals surface area contributed by atoms with Crippen LogP contribution in [0.2, 0.25) is 0 Å². The standard InChI is InChI=1S/C17H22BrN3O3/c1-3-4-5-8-24-15-9-12(6-7-14(15)23-2)10-19-13-11-20-21-17(22)16(13)18/h6-7,9,11H,3-5,8,10H2,1-2H3,(H2,19,21,22). The molecule has 0 fully saturated rings. The predicted molar refractivity (Wildman–Crippen MR) is 97.9 cm³/mol. The summed E-state index contributed by atoms with van der Waals surface area (Å²) >= 11 is 3.25. The molecule has 1 aromatic heterocycles. The lowest BCUT2D eigenvalue weighted by Gasteiger charge is -2.13. The molecule has 7 heteroatoms. The summed E-state index contributed by atoms with van der Waals surface area (Å²) in [6.07, 6.45) is 4.89. The first-order valence-electron chi connectivity index (χ1n) is 7.92. The van der Waals surface area contributed by atoms with Gasteiger partial charge in [0.25, 0.3) is 5.56 Å². The summed E-state index contributed by atoms with van der Waals surface area (Å²) < 4.78 is 11.6. The molecule has 2 aromatic rings. The maximum Gasteiger partial charge on any atom is 0.280 e. The van der Waals surface area contributed by atoms with Crippen LogP contribution in [0.15, 0.2) is 33.7 Å². The van der Waals surface area contributed by atoms with Crippen molar-refractivity contribution in [2.24, 2.45) is 0 Å². The molecule has 0 atom stereocenters. The Bertz CT molecular complexity index is 718. The normalized spacial score (nSPS) is 10.5. The number of hydrogen-bond acceptors (Lipinski definition) is 5. The van der Waals surface area contributed by atoms with Gasteiger partial charge in [-0.1, -0.05) is 25.8 Å². The smallest absolute Gasteiger partial charge is 0.280 e. The van der Waals surface area contributed by atoms with Gasteiger partial charge in [0, 0.05) is 6.54 Å². The number of nitrogens with zero attached hydrogens (tertiary/aromatic N) is 1. The van der Waals surface area contributed by atoms with Gasteiger partial charge in [0.2, 0.25) is 0 Å². The molecule has 24 heavy (non-hydrogen) atoms. The third kappa shape index (κ3) is 4.99. The van der Waals surface area contributed by atoms with Gasteiger partial charge in [-0.2, -0.15) is 5.10 Å². The number of halogens is 1. The largest absolute Gasteiger partial charge is 0.493 e. The second-order valence-corrected chi connectivity index (χ2v) is 6.11. The molecule has 130 valence electrons. The molecule has 0 aliphatic rings. The predicted octanol–water partition coefficient (Wildman–Crippen LogP) is 3.72. The van der Waals surface area contributed by atoms with Crippen molar-refractivity contribution < 1.29 is 9.47 Å². The van der Waals surface area contributed by atoms with E-state index < -0.39 is 0 Å². The Hall–Kier alpha value is -2.02. The van der Waals surface area contributed by atoms with Crippen molar-refractivity contribution in [3.05, 3.63) is 44.8 Å². The molecule has 0 radical (unpaired) electrons. The number of benzene rings is 1. The van der Waals surface area contributed by atoms with Crippen LogP contribution in [0.1, 0.15) is 31.7 Å². The Morgan fingerprint density at radius 1 is 1.29 bits per heavy atom. The molecule has 6 nitrogen and oxygen atoms in total. The van der Waals surface area contributed by atoms with Crippen LogP contribution in [0.3, 0.4) is 0 Å². The van der Waals surface area contributed by atoms with E-state index in [1.54, 1.807) is 13.3 Å². The summed E-state index contributed by atoms with van der Waals surface area (Å²) in [5.74, 6) is 1.45. The van der Waals surface area contributed by atoms with E-state index in [2.05, 4.69) is 38.4 Å². The average molecular weight is 396 g/mol. The van der Waals surface area contributed by atoms with E-state index in [9.17, 15) is 4.79 Å². The van der Waals surface area contributed by atoms with Gasteiger partial charge in [0.15, 0.2) is 11.5 Å². The molecule has 0 bridgehead atoms. The van der Waals surface area contributed by atoms with Gasteiger partial charge in [-0.05, 0) is 40.0 Å². The molecular formula is C17H22BrN3O3. The Morgan fingerprint density at radius 3 is 2.88 bits per heavy atom. The molecular weight excluding hydrogens is 374 g/mol. The van der Waals surface area contributed by atoms with Gasteiger partial charge < -0.3 is 14.8 Å². The molecule has 2 N–H and O–H groups in total. The molecule has 0 amide bonds. The quantitative estimate of drug-likeness (QED) is 0.632. The number of rotatable bonds is 9. The van der Waals surface area contributed by atoms with Crippen LogP contribution in [0.4, 0.5) is 5.69 Å². The zero-order chi connectivity index (χ0) is 17.4. The number of unbranched alkanes of at least 4 members (excludes halogenated alkanes) is 2. The highest BCUT2D eigenvalue weighted by molar-refractivity contribution is 9.10. The van der Waals surface area contributed by atoms with E-state index in [1.165, 1.54) is 0 Å². The first-order chi connectivity index (χ1) is 11.7. The van der Waals surface area contributed by atoms with Crippen LogP contribution in [0, 0.1) is 0 Å². The second kappa shape index (κ2) is 9.32. The minimum absolute atomic E-state index is 0.269. The minimum Gasteiger partial charge on any atom is -0.493 e. The highest BCUT2D eigenvalue weighted by Gasteiger charge is 2.08. The fraction of sp³-hybridized carbons (Fsp3) is 0.412. The summed E-state index contributed by atoms with van der Waals surface area (Å²) in [6.45, 7) is 3.37. The average Bonchev–Trinajstić information content (AvgIpc) is 2.60. The van der Waals surface area contributed by atoms with E-state index in [4.69, 9.17) is 9.47 Å². The topological polar surface area (TPSA) is 76.2 Å². The summed E-state index contributed by atoms with van der Waals surface area (Å²) in [4.78, 5) is 11.5. The van der Waals surface area contributed by atoms with Gasteiger partial charge >= 0.3 is 0 Å². The van der Waals surface area contributed by atoms with Gasteiger partial charge in [-0.3, -0.25) is 4.79 Å². The first kappa shape index (κ1) is 18.3. The molecule has 0 unspecified atom stereocenters. The number of aromatic amines is 1. The third-order valence-corrected chi connectivity index (χ3v) is 4.30. The number of H-pyrrole nitrogens is 1. The molecule has 2 rings (SSSR count). The van der Waals surface area contributed by atoms with Crippen molar-refractivity contribution in [3.63, 3.8) is 0 Å². The Balaban J connectivity index is 2.04. The molecule has 1 aromatic carbocycles. The summed E-state index contributed by atoms with van der Waals surface area (Å²) in [7, 11) is 1.63. The summed E-state index contributed by atoms with van der Waals surface area (Å²) in [5, 5.41) is 9.34. The van der Waals surface area contributed by atoms with E-state index in [-0.39, 0.29) is 5.56 Å². The van der Waals surface area contributed by atoms with Crippen molar-refractivity contribution in [1.82, 2.24) is 10.2 Å². The van der Waals surface area contributed by atoms with E-state index in [0.717, 1.165) is 30.6 Å². The van der Waals surface area contributed by atoms with Gasteiger partial charge in [0.1, 0.15) is 4.47 Å². The van der Waals surface area contributed by atoms with Crippen molar-refractivity contribution in [2.45, 2.75) is 32.7 Å². The number of methoxy groups -OCH3 is 1. The maximum atomic E-state index is 11.5. The van der Waals surface area contributed by atoms with Crippen LogP contribution in [0.25, 0.3) is 0 Å². The molecule has 0 saturated heterocycles. The van der Waals surface area contributed by atoms with Crippen molar-refractivity contribution in [1.29, 1.82) is 0 Å². The number of nitrogens with one attached hydrogen (secondary N) is 2. The van der Waals surface area contributed by atoms with Crippen molar-refractivity contribution in [2.75, 3.05) is 19.0 Å². The van der Waals surface area contributed by atoms with E-state index in [0.29, 0.717) is 29.1 Å². The van der Waals surface area contributed by atoms with Crippen LogP contribution in [0.5, 0.6) is 11.5 Å². The lowest BCUT2D eigenvalue weighted by Crippen LogP contribution is -2.12.